The molecule has 0 spiro atoms. The minimum absolute atomic E-state index is 0.390. The number of benzene rings is 1. The first-order chi connectivity index (χ1) is 7.21. The van der Waals surface area contributed by atoms with Gasteiger partial charge in [-0.2, -0.15) is 0 Å². The molecule has 1 aromatic carbocycles. The van der Waals surface area contributed by atoms with Crippen LogP contribution in [0, 0.1) is 20.8 Å². The van der Waals surface area contributed by atoms with Gasteiger partial charge in [0.05, 0.1) is 0 Å². The van der Waals surface area contributed by atoms with Gasteiger partial charge in [-0.15, -0.1) is 0 Å². The SMILES string of the molecule is Cc1cc(C)c(NC(=O)C(C)(C)O)cc1C. The van der Waals surface area contributed by atoms with E-state index in [2.05, 4.69) is 5.32 Å². The molecular weight excluding hydrogens is 202 g/mol. The number of nitrogens with one attached hydrogen (secondary N) is 1. The first-order valence-electron chi connectivity index (χ1n) is 5.33. The van der Waals surface area contributed by atoms with Gasteiger partial charge in [0.25, 0.3) is 5.91 Å². The number of aliphatic hydroxyl groups is 1. The van der Waals surface area contributed by atoms with Gasteiger partial charge in [-0.3, -0.25) is 4.79 Å². The highest BCUT2D eigenvalue weighted by Crippen LogP contribution is 2.21. The van der Waals surface area contributed by atoms with Crippen molar-refractivity contribution in [2.75, 3.05) is 5.32 Å². The van der Waals surface area contributed by atoms with Gasteiger partial charge < -0.3 is 10.4 Å². The molecule has 0 aliphatic carbocycles. The molecule has 88 valence electrons. The molecular formula is C13H19NO2. The van der Waals surface area contributed by atoms with E-state index in [4.69, 9.17) is 0 Å². The molecule has 2 N–H and O–H groups in total. The van der Waals surface area contributed by atoms with Crippen LogP contribution in [0.4, 0.5) is 5.69 Å². The van der Waals surface area contributed by atoms with Gasteiger partial charge in [0.2, 0.25) is 0 Å². The van der Waals surface area contributed by atoms with Crippen LogP contribution in [0.3, 0.4) is 0 Å². The van der Waals surface area contributed by atoms with Crippen LogP contribution in [-0.4, -0.2) is 16.6 Å². The Morgan fingerprint density at radius 1 is 1.12 bits per heavy atom. The zero-order chi connectivity index (χ0) is 12.5. The average Bonchev–Trinajstić information content (AvgIpc) is 2.12. The van der Waals surface area contributed by atoms with Crippen molar-refractivity contribution in [3.8, 4) is 0 Å². The summed E-state index contributed by atoms with van der Waals surface area (Å²) >= 11 is 0. The number of amides is 1. The Balaban J connectivity index is 2.99. The molecule has 1 amide bonds. The van der Waals surface area contributed by atoms with Crippen molar-refractivity contribution in [2.24, 2.45) is 0 Å². The molecule has 0 saturated carbocycles. The highest BCUT2D eigenvalue weighted by Gasteiger charge is 2.24. The quantitative estimate of drug-likeness (QED) is 0.805. The Kier molecular flexibility index (Phi) is 3.38. The highest BCUT2D eigenvalue weighted by atomic mass is 16.3. The third-order valence-corrected chi connectivity index (χ3v) is 2.64. The summed E-state index contributed by atoms with van der Waals surface area (Å²) in [6.07, 6.45) is 0. The molecule has 0 radical (unpaired) electrons. The van der Waals surface area contributed by atoms with Crippen molar-refractivity contribution in [1.29, 1.82) is 0 Å². The number of hydrogen-bond donors (Lipinski definition) is 2. The van der Waals surface area contributed by atoms with Gasteiger partial charge >= 0.3 is 0 Å². The second-order valence-electron chi connectivity index (χ2n) is 4.76. The lowest BCUT2D eigenvalue weighted by Crippen LogP contribution is -2.36. The topological polar surface area (TPSA) is 49.3 Å². The molecule has 3 heteroatoms. The summed E-state index contributed by atoms with van der Waals surface area (Å²) in [4.78, 5) is 11.6. The molecule has 0 unspecified atom stereocenters. The third kappa shape index (κ3) is 2.83. The molecule has 0 saturated heterocycles. The number of anilines is 1. The van der Waals surface area contributed by atoms with Crippen molar-refractivity contribution in [3.63, 3.8) is 0 Å². The molecule has 1 aromatic rings. The van der Waals surface area contributed by atoms with E-state index >= 15 is 0 Å². The van der Waals surface area contributed by atoms with E-state index in [1.807, 2.05) is 32.9 Å². The summed E-state index contributed by atoms with van der Waals surface area (Å²) in [7, 11) is 0. The maximum absolute atomic E-state index is 11.6. The predicted octanol–water partition coefficient (Wildman–Crippen LogP) is 2.32. The van der Waals surface area contributed by atoms with Gasteiger partial charge in [0.1, 0.15) is 5.60 Å². The number of rotatable bonds is 2. The van der Waals surface area contributed by atoms with E-state index in [9.17, 15) is 9.90 Å². The van der Waals surface area contributed by atoms with E-state index in [1.54, 1.807) is 0 Å². The summed E-state index contributed by atoms with van der Waals surface area (Å²) in [5.74, 6) is -0.390. The van der Waals surface area contributed by atoms with E-state index in [0.717, 1.165) is 16.8 Å². The second kappa shape index (κ2) is 4.26. The van der Waals surface area contributed by atoms with Crippen LogP contribution >= 0.6 is 0 Å². The third-order valence-electron chi connectivity index (χ3n) is 2.64. The molecule has 0 fully saturated rings. The lowest BCUT2D eigenvalue weighted by molar-refractivity contribution is -0.130. The summed E-state index contributed by atoms with van der Waals surface area (Å²) < 4.78 is 0. The van der Waals surface area contributed by atoms with Crippen molar-refractivity contribution < 1.29 is 9.90 Å². The monoisotopic (exact) mass is 221 g/mol. The maximum atomic E-state index is 11.6. The second-order valence-corrected chi connectivity index (χ2v) is 4.76. The summed E-state index contributed by atoms with van der Waals surface area (Å²) in [6.45, 7) is 8.91. The van der Waals surface area contributed by atoms with Crippen LogP contribution in [0.2, 0.25) is 0 Å². The van der Waals surface area contributed by atoms with E-state index in [0.29, 0.717) is 0 Å². The molecule has 1 rings (SSSR count). The fourth-order valence-electron chi connectivity index (χ4n) is 1.37. The summed E-state index contributed by atoms with van der Waals surface area (Å²) in [5, 5.41) is 12.3. The first kappa shape index (κ1) is 12.7. The Bertz CT molecular complexity index is 417. The van der Waals surface area contributed by atoms with Crippen LogP contribution in [-0.2, 0) is 4.79 Å². The van der Waals surface area contributed by atoms with Crippen molar-refractivity contribution in [3.05, 3.63) is 28.8 Å². The molecule has 0 bridgehead atoms. The Hall–Kier alpha value is -1.35. The van der Waals surface area contributed by atoms with Gasteiger partial charge in [-0.1, -0.05) is 6.07 Å². The Morgan fingerprint density at radius 3 is 2.12 bits per heavy atom. The van der Waals surface area contributed by atoms with Crippen LogP contribution < -0.4 is 5.32 Å². The van der Waals surface area contributed by atoms with E-state index in [1.165, 1.54) is 19.4 Å². The van der Waals surface area contributed by atoms with Gasteiger partial charge in [-0.05, 0) is 57.4 Å². The fourth-order valence-corrected chi connectivity index (χ4v) is 1.37. The number of hydrogen-bond acceptors (Lipinski definition) is 2. The van der Waals surface area contributed by atoms with Gasteiger partial charge in [0.15, 0.2) is 0 Å². The van der Waals surface area contributed by atoms with Gasteiger partial charge in [0, 0.05) is 5.69 Å². The van der Waals surface area contributed by atoms with Crippen molar-refractivity contribution in [1.82, 2.24) is 0 Å². The molecule has 3 nitrogen and oxygen atoms in total. The van der Waals surface area contributed by atoms with E-state index in [-0.39, 0.29) is 5.91 Å². The normalized spacial score (nSPS) is 11.4. The first-order valence-corrected chi connectivity index (χ1v) is 5.33. The Morgan fingerprint density at radius 2 is 1.62 bits per heavy atom. The zero-order valence-corrected chi connectivity index (χ0v) is 10.5. The lowest BCUT2D eigenvalue weighted by Gasteiger charge is -2.18. The largest absolute Gasteiger partial charge is 0.381 e. The average molecular weight is 221 g/mol. The molecule has 0 aromatic heterocycles. The van der Waals surface area contributed by atoms with Crippen LogP contribution in [0.25, 0.3) is 0 Å². The molecule has 0 heterocycles. The smallest absolute Gasteiger partial charge is 0.255 e. The van der Waals surface area contributed by atoms with Crippen LogP contribution in [0.5, 0.6) is 0 Å². The summed E-state index contributed by atoms with van der Waals surface area (Å²) in [6, 6.07) is 3.95. The Labute approximate surface area is 96.5 Å². The molecule has 0 aliphatic rings. The van der Waals surface area contributed by atoms with Crippen molar-refractivity contribution >= 4 is 11.6 Å². The molecule has 0 aliphatic heterocycles. The molecule has 16 heavy (non-hydrogen) atoms. The zero-order valence-electron chi connectivity index (χ0n) is 10.5. The minimum atomic E-state index is -1.36. The van der Waals surface area contributed by atoms with E-state index < -0.39 is 5.60 Å². The predicted molar refractivity (Wildman–Crippen MR) is 65.6 cm³/mol. The van der Waals surface area contributed by atoms with Crippen LogP contribution in [0.1, 0.15) is 30.5 Å². The highest BCUT2D eigenvalue weighted by molar-refractivity contribution is 5.97. The lowest BCUT2D eigenvalue weighted by atomic mass is 10.0. The van der Waals surface area contributed by atoms with Gasteiger partial charge in [-0.25, -0.2) is 0 Å². The minimum Gasteiger partial charge on any atom is -0.381 e. The molecule has 0 atom stereocenters. The van der Waals surface area contributed by atoms with Crippen molar-refractivity contribution in [2.45, 2.75) is 40.2 Å². The number of carbonyl (C=O) groups excluding carboxylic acids is 1. The number of aryl methyl sites for hydroxylation is 3. The standard InChI is InChI=1S/C13H19NO2/c1-8-6-10(3)11(7-9(8)2)14-12(15)13(4,5)16/h6-7,16H,1-5H3,(H,14,15). The summed E-state index contributed by atoms with van der Waals surface area (Å²) in [5.41, 5.74) is 2.72. The fraction of sp³-hybridized carbons (Fsp3) is 0.462. The van der Waals surface area contributed by atoms with Crippen LogP contribution in [0.15, 0.2) is 12.1 Å². The number of carbonyl (C=O) groups is 1. The maximum Gasteiger partial charge on any atom is 0.255 e.